The van der Waals surface area contributed by atoms with E-state index >= 15 is 0 Å². The first-order valence-electron chi connectivity index (χ1n) is 4.41. The second-order valence-corrected chi connectivity index (χ2v) is 4.96. The number of aromatic nitrogens is 4. The van der Waals surface area contributed by atoms with E-state index in [2.05, 4.69) is 30.2 Å². The molecule has 0 saturated heterocycles. The molecule has 0 amide bonds. The van der Waals surface area contributed by atoms with E-state index in [1.807, 2.05) is 0 Å². The summed E-state index contributed by atoms with van der Waals surface area (Å²) in [7, 11) is 0. The summed E-state index contributed by atoms with van der Waals surface area (Å²) in [4.78, 5) is 14.2. The Morgan fingerprint density at radius 1 is 1.59 bits per heavy atom. The van der Waals surface area contributed by atoms with Crippen molar-refractivity contribution in [3.05, 3.63) is 12.2 Å². The maximum atomic E-state index is 10.4. The fourth-order valence-electron chi connectivity index (χ4n) is 0.888. The van der Waals surface area contributed by atoms with Gasteiger partial charge in [0, 0.05) is 0 Å². The Kier molecular flexibility index (Phi) is 3.88. The van der Waals surface area contributed by atoms with Gasteiger partial charge in [-0.15, -0.1) is 10.2 Å². The number of carboxylic acid groups (broad SMARTS) is 1. The normalized spacial score (nSPS) is 10.4. The molecule has 0 saturated carbocycles. The van der Waals surface area contributed by atoms with Gasteiger partial charge < -0.3 is 14.9 Å². The van der Waals surface area contributed by atoms with Crippen LogP contribution in [0.1, 0.15) is 5.82 Å². The van der Waals surface area contributed by atoms with Gasteiger partial charge in [0.1, 0.15) is 0 Å². The van der Waals surface area contributed by atoms with Crippen LogP contribution in [0.15, 0.2) is 15.3 Å². The molecule has 0 radical (unpaired) electrons. The van der Waals surface area contributed by atoms with Crippen molar-refractivity contribution in [3.63, 3.8) is 0 Å². The highest BCUT2D eigenvalue weighted by Gasteiger charge is 2.07. The second kappa shape index (κ2) is 5.59. The molecule has 0 spiro atoms. The topological polar surface area (TPSA) is 114 Å². The smallest absolute Gasteiger partial charge is 0.313 e. The molecule has 0 unspecified atom stereocenters. The fourth-order valence-corrected chi connectivity index (χ4v) is 2.36. The maximum Gasteiger partial charge on any atom is 0.313 e. The summed E-state index contributed by atoms with van der Waals surface area (Å²) in [6.45, 7) is 0.384. The molecule has 8 nitrogen and oxygen atoms in total. The molecule has 0 bridgehead atoms. The summed E-state index contributed by atoms with van der Waals surface area (Å²) in [6.07, 6.45) is 1.24. The molecule has 2 rings (SSSR count). The van der Waals surface area contributed by atoms with Crippen LogP contribution in [0.4, 0.5) is 5.13 Å². The quantitative estimate of drug-likeness (QED) is 0.734. The minimum absolute atomic E-state index is 0.0283. The zero-order chi connectivity index (χ0) is 12.1. The van der Waals surface area contributed by atoms with Gasteiger partial charge in [-0.1, -0.05) is 28.3 Å². The van der Waals surface area contributed by atoms with Crippen LogP contribution in [0.3, 0.4) is 0 Å². The Bertz CT molecular complexity index is 485. The molecule has 90 valence electrons. The largest absolute Gasteiger partial charge is 0.481 e. The molecule has 0 fully saturated rings. The van der Waals surface area contributed by atoms with Crippen LogP contribution in [0, 0.1) is 0 Å². The van der Waals surface area contributed by atoms with Crippen molar-refractivity contribution in [2.45, 2.75) is 10.9 Å². The lowest BCUT2D eigenvalue weighted by molar-refractivity contribution is -0.133. The van der Waals surface area contributed by atoms with Crippen molar-refractivity contribution >= 4 is 34.2 Å². The highest BCUT2D eigenvalue weighted by Crippen LogP contribution is 2.25. The number of nitrogens with one attached hydrogen (secondary N) is 1. The summed E-state index contributed by atoms with van der Waals surface area (Å²) in [5.41, 5.74) is 0. The van der Waals surface area contributed by atoms with E-state index < -0.39 is 5.97 Å². The summed E-state index contributed by atoms with van der Waals surface area (Å²) < 4.78 is 5.17. The van der Waals surface area contributed by atoms with Crippen LogP contribution in [0.5, 0.6) is 0 Å². The van der Waals surface area contributed by atoms with Crippen LogP contribution in [-0.2, 0) is 11.3 Å². The summed E-state index contributed by atoms with van der Waals surface area (Å²) in [6, 6.07) is 0. The summed E-state index contributed by atoms with van der Waals surface area (Å²) in [5, 5.41) is 23.3. The molecule has 10 heteroatoms. The van der Waals surface area contributed by atoms with Gasteiger partial charge in [0.05, 0.1) is 12.3 Å². The number of hydrogen-bond donors (Lipinski definition) is 2. The van der Waals surface area contributed by atoms with Gasteiger partial charge >= 0.3 is 5.97 Å². The molecule has 0 aliphatic rings. The van der Waals surface area contributed by atoms with E-state index in [-0.39, 0.29) is 5.75 Å². The zero-order valence-electron chi connectivity index (χ0n) is 8.36. The third-order valence-corrected chi connectivity index (χ3v) is 3.53. The lowest BCUT2D eigenvalue weighted by Gasteiger charge is -1.94. The molecule has 0 aliphatic carbocycles. The number of anilines is 1. The molecule has 2 heterocycles. The molecule has 2 aromatic rings. The van der Waals surface area contributed by atoms with Crippen molar-refractivity contribution < 1.29 is 14.4 Å². The number of hydrogen-bond acceptors (Lipinski definition) is 9. The first-order valence-corrected chi connectivity index (χ1v) is 6.21. The number of thioether (sulfide) groups is 1. The van der Waals surface area contributed by atoms with Crippen molar-refractivity contribution in [1.29, 1.82) is 0 Å². The van der Waals surface area contributed by atoms with Crippen LogP contribution in [-0.4, -0.2) is 37.2 Å². The van der Waals surface area contributed by atoms with E-state index in [0.717, 1.165) is 11.8 Å². The Morgan fingerprint density at radius 3 is 3.18 bits per heavy atom. The third-order valence-electron chi connectivity index (χ3n) is 1.53. The molecular formula is C7H7N5O3S2. The molecule has 2 N–H and O–H groups in total. The Labute approximate surface area is 103 Å². The standard InChI is InChI=1S/C7H7N5O3S2/c13-5(14)2-16-7-11-10-6(17-7)8-1-4-9-3-15-12-4/h3H,1-2H2,(H,8,10)(H,13,14). The molecule has 0 aromatic carbocycles. The molecule has 2 aromatic heterocycles. The summed E-state index contributed by atoms with van der Waals surface area (Å²) >= 11 is 2.41. The Balaban J connectivity index is 1.83. The number of rotatable bonds is 6. The van der Waals surface area contributed by atoms with Gasteiger partial charge in [-0.05, 0) is 0 Å². The molecule has 0 atom stereocenters. The lowest BCUT2D eigenvalue weighted by Crippen LogP contribution is -2.00. The van der Waals surface area contributed by atoms with Gasteiger partial charge in [-0.25, -0.2) is 0 Å². The van der Waals surface area contributed by atoms with E-state index in [1.54, 1.807) is 0 Å². The van der Waals surface area contributed by atoms with Crippen molar-refractivity contribution in [3.8, 4) is 0 Å². The van der Waals surface area contributed by atoms with Crippen LogP contribution in [0.25, 0.3) is 0 Å². The highest BCUT2D eigenvalue weighted by molar-refractivity contribution is 8.01. The van der Waals surface area contributed by atoms with Crippen LogP contribution < -0.4 is 5.32 Å². The van der Waals surface area contributed by atoms with Crippen molar-refractivity contribution in [2.24, 2.45) is 0 Å². The Hall–Kier alpha value is -1.68. The van der Waals surface area contributed by atoms with Gasteiger partial charge in [-0.2, -0.15) is 4.98 Å². The first kappa shape index (κ1) is 11.8. The van der Waals surface area contributed by atoms with E-state index in [4.69, 9.17) is 5.11 Å². The van der Waals surface area contributed by atoms with Gasteiger partial charge in [0.15, 0.2) is 10.2 Å². The number of carbonyl (C=O) groups is 1. The minimum atomic E-state index is -0.883. The number of carboxylic acids is 1. The van der Waals surface area contributed by atoms with E-state index in [0.29, 0.717) is 21.8 Å². The molecule has 0 aliphatic heterocycles. The number of aliphatic carboxylic acids is 1. The second-order valence-electron chi connectivity index (χ2n) is 2.76. The molecular weight excluding hydrogens is 266 g/mol. The predicted octanol–water partition coefficient (Wildman–Crippen LogP) is 0.710. The van der Waals surface area contributed by atoms with Crippen LogP contribution in [0.2, 0.25) is 0 Å². The van der Waals surface area contributed by atoms with E-state index in [1.165, 1.54) is 17.7 Å². The first-order chi connectivity index (χ1) is 8.24. The highest BCUT2D eigenvalue weighted by atomic mass is 32.2. The zero-order valence-corrected chi connectivity index (χ0v) is 9.99. The third kappa shape index (κ3) is 3.67. The lowest BCUT2D eigenvalue weighted by atomic mass is 10.6. The summed E-state index contributed by atoms with van der Waals surface area (Å²) in [5.74, 6) is -0.397. The van der Waals surface area contributed by atoms with Gasteiger partial charge in [0.25, 0.3) is 0 Å². The average Bonchev–Trinajstić information content (AvgIpc) is 2.95. The van der Waals surface area contributed by atoms with Crippen molar-refractivity contribution in [1.82, 2.24) is 20.3 Å². The maximum absolute atomic E-state index is 10.4. The fraction of sp³-hybridized carbons (Fsp3) is 0.286. The van der Waals surface area contributed by atoms with Crippen molar-refractivity contribution in [2.75, 3.05) is 11.1 Å². The van der Waals surface area contributed by atoms with Crippen LogP contribution >= 0.6 is 23.1 Å². The number of nitrogens with zero attached hydrogens (tertiary/aromatic N) is 4. The van der Waals surface area contributed by atoms with Gasteiger partial charge in [0.2, 0.25) is 11.5 Å². The minimum Gasteiger partial charge on any atom is -0.481 e. The average molecular weight is 273 g/mol. The monoisotopic (exact) mass is 273 g/mol. The SMILES string of the molecule is O=C(O)CSc1nnc(NCc2ncon2)s1. The van der Waals surface area contributed by atoms with E-state index in [9.17, 15) is 4.79 Å². The predicted molar refractivity (Wildman–Crippen MR) is 59.9 cm³/mol. The molecule has 17 heavy (non-hydrogen) atoms. The van der Waals surface area contributed by atoms with Gasteiger partial charge in [-0.3, -0.25) is 4.79 Å². The Morgan fingerprint density at radius 2 is 2.47 bits per heavy atom.